The van der Waals surface area contributed by atoms with E-state index < -0.39 is 4.92 Å². The molecule has 0 bridgehead atoms. The number of benzene rings is 1. The minimum atomic E-state index is -0.487. The largest absolute Gasteiger partial charge is 0.476 e. The highest BCUT2D eigenvalue weighted by Crippen LogP contribution is 2.17. The number of rotatable bonds is 9. The highest BCUT2D eigenvalue weighted by molar-refractivity contribution is 6.29. The topological polar surface area (TPSA) is 107 Å². The maximum Gasteiger partial charge on any atom is 0.290 e. The van der Waals surface area contributed by atoms with Crippen molar-refractivity contribution in [2.24, 2.45) is 0 Å². The fourth-order valence-corrected chi connectivity index (χ4v) is 3.24. The second kappa shape index (κ2) is 13.3. The third kappa shape index (κ3) is 9.03. The zero-order chi connectivity index (χ0) is 24.2. The number of halogens is 1. The summed E-state index contributed by atoms with van der Waals surface area (Å²) in [6, 6.07) is 16.9. The molecule has 176 valence electrons. The molecule has 2 N–H and O–H groups in total. The summed E-state index contributed by atoms with van der Waals surface area (Å²) in [7, 11) is 0. The molecule has 0 unspecified atom stereocenters. The number of aryl methyl sites for hydroxylation is 2. The van der Waals surface area contributed by atoms with Gasteiger partial charge in [0.2, 0.25) is 5.88 Å². The Hall–Kier alpha value is -3.23. The lowest BCUT2D eigenvalue weighted by molar-refractivity contribution is -0.385. The van der Waals surface area contributed by atoms with Crippen LogP contribution in [0, 0.1) is 24.0 Å². The predicted octanol–water partition coefficient (Wildman–Crippen LogP) is 5.21. The van der Waals surface area contributed by atoms with Gasteiger partial charge in [-0.05, 0) is 44.5 Å². The van der Waals surface area contributed by atoms with Crippen LogP contribution in [0.25, 0.3) is 0 Å². The molecule has 0 radical (unpaired) electrons. The molecular formula is C24H30ClN5O3. The number of nitrogens with two attached hydrogens (primary N) is 1. The van der Waals surface area contributed by atoms with E-state index >= 15 is 0 Å². The van der Waals surface area contributed by atoms with Crippen molar-refractivity contribution < 1.29 is 9.66 Å². The molecule has 2 aromatic heterocycles. The molecule has 0 spiro atoms. The second-order valence-corrected chi connectivity index (χ2v) is 7.82. The van der Waals surface area contributed by atoms with Crippen molar-refractivity contribution in [3.63, 3.8) is 0 Å². The van der Waals surface area contributed by atoms with Gasteiger partial charge in [0.25, 0.3) is 5.69 Å². The Balaban J connectivity index is 0.000000294. The van der Waals surface area contributed by atoms with Crippen LogP contribution in [0.1, 0.15) is 30.3 Å². The molecule has 0 aliphatic carbocycles. The monoisotopic (exact) mass is 471 g/mol. The number of nitrogen functional groups attached to an aromatic ring is 1. The van der Waals surface area contributed by atoms with Crippen LogP contribution in [-0.2, 0) is 6.54 Å². The predicted molar refractivity (Wildman–Crippen MR) is 132 cm³/mol. The maximum atomic E-state index is 10.3. The standard InChI is InChI=1S/C18H25N3O.C6H5ClN2O2/c1-3-11-21(14-16-7-5-4-6-8-16)12-13-22-18-10-9-17(19)15(2)20-18;1-4-5(9(10)11)2-3-6(7)8-4/h4-10H,3,11-14,19H2,1-2H3;2-3H,1H3. The SMILES string of the molecule is CCCN(CCOc1ccc(N)c(C)n1)Cc1ccccc1.Cc1nc(Cl)ccc1[N+](=O)[O-]. The van der Waals surface area contributed by atoms with Crippen molar-refractivity contribution in [1.29, 1.82) is 0 Å². The number of nitro groups is 1. The van der Waals surface area contributed by atoms with E-state index in [0.717, 1.165) is 31.7 Å². The molecule has 0 saturated heterocycles. The summed E-state index contributed by atoms with van der Waals surface area (Å²) >= 11 is 5.49. The Morgan fingerprint density at radius 2 is 1.76 bits per heavy atom. The molecular weight excluding hydrogens is 442 g/mol. The maximum absolute atomic E-state index is 10.3. The number of hydrogen-bond acceptors (Lipinski definition) is 7. The first-order chi connectivity index (χ1) is 15.8. The lowest BCUT2D eigenvalue weighted by Crippen LogP contribution is -2.29. The van der Waals surface area contributed by atoms with Crippen molar-refractivity contribution in [1.82, 2.24) is 14.9 Å². The van der Waals surface area contributed by atoms with Gasteiger partial charge in [0.1, 0.15) is 17.5 Å². The van der Waals surface area contributed by atoms with Gasteiger partial charge in [0, 0.05) is 25.2 Å². The number of anilines is 1. The normalized spacial score (nSPS) is 10.5. The number of ether oxygens (including phenoxy) is 1. The second-order valence-electron chi connectivity index (χ2n) is 7.43. The van der Waals surface area contributed by atoms with E-state index in [0.29, 0.717) is 23.9 Å². The van der Waals surface area contributed by atoms with E-state index in [1.807, 2.05) is 25.1 Å². The Bertz CT molecular complexity index is 1030. The fourth-order valence-electron chi connectivity index (χ4n) is 3.05. The van der Waals surface area contributed by atoms with Crippen LogP contribution in [0.5, 0.6) is 5.88 Å². The van der Waals surface area contributed by atoms with Crippen molar-refractivity contribution >= 4 is 23.0 Å². The summed E-state index contributed by atoms with van der Waals surface area (Å²) in [6.07, 6.45) is 1.13. The van der Waals surface area contributed by atoms with Gasteiger partial charge in [-0.15, -0.1) is 0 Å². The lowest BCUT2D eigenvalue weighted by Gasteiger charge is -2.21. The zero-order valence-electron chi connectivity index (χ0n) is 19.2. The summed E-state index contributed by atoms with van der Waals surface area (Å²) in [5, 5.41) is 10.5. The van der Waals surface area contributed by atoms with E-state index in [-0.39, 0.29) is 10.8 Å². The molecule has 8 nitrogen and oxygen atoms in total. The van der Waals surface area contributed by atoms with E-state index in [1.165, 1.54) is 17.7 Å². The molecule has 0 saturated carbocycles. The van der Waals surface area contributed by atoms with Gasteiger partial charge in [0.05, 0.1) is 16.3 Å². The smallest absolute Gasteiger partial charge is 0.290 e. The van der Waals surface area contributed by atoms with Crippen molar-refractivity contribution in [2.45, 2.75) is 33.7 Å². The van der Waals surface area contributed by atoms with E-state index in [9.17, 15) is 10.1 Å². The van der Waals surface area contributed by atoms with Crippen LogP contribution < -0.4 is 10.5 Å². The average molecular weight is 472 g/mol. The summed E-state index contributed by atoms with van der Waals surface area (Å²) < 4.78 is 5.75. The minimum Gasteiger partial charge on any atom is -0.476 e. The van der Waals surface area contributed by atoms with Gasteiger partial charge in [-0.1, -0.05) is 48.9 Å². The van der Waals surface area contributed by atoms with Crippen molar-refractivity contribution in [2.75, 3.05) is 25.4 Å². The summed E-state index contributed by atoms with van der Waals surface area (Å²) in [5.41, 5.74) is 8.94. The van der Waals surface area contributed by atoms with Crippen molar-refractivity contribution in [3.8, 4) is 5.88 Å². The summed E-state index contributed by atoms with van der Waals surface area (Å²) in [5.74, 6) is 0.642. The van der Waals surface area contributed by atoms with Crippen LogP contribution in [0.4, 0.5) is 11.4 Å². The van der Waals surface area contributed by atoms with Crippen LogP contribution in [0.15, 0.2) is 54.6 Å². The van der Waals surface area contributed by atoms with Crippen LogP contribution in [-0.4, -0.2) is 39.5 Å². The van der Waals surface area contributed by atoms with Gasteiger partial charge in [-0.25, -0.2) is 9.97 Å². The zero-order valence-corrected chi connectivity index (χ0v) is 20.0. The van der Waals surface area contributed by atoms with Gasteiger partial charge in [0.15, 0.2) is 0 Å². The first-order valence-electron chi connectivity index (χ1n) is 10.7. The molecule has 0 aliphatic rings. The van der Waals surface area contributed by atoms with E-state index in [2.05, 4.69) is 46.1 Å². The number of aromatic nitrogens is 2. The molecule has 9 heteroatoms. The van der Waals surface area contributed by atoms with Gasteiger partial charge in [-0.3, -0.25) is 15.0 Å². The number of hydrogen-bond donors (Lipinski definition) is 1. The number of nitrogens with zero attached hydrogens (tertiary/aromatic N) is 4. The van der Waals surface area contributed by atoms with Gasteiger partial charge in [-0.2, -0.15) is 0 Å². The molecule has 1 aromatic carbocycles. The molecule has 0 atom stereocenters. The summed E-state index contributed by atoms with van der Waals surface area (Å²) in [6.45, 7) is 9.16. The Labute approximate surface area is 199 Å². The third-order valence-electron chi connectivity index (χ3n) is 4.77. The quantitative estimate of drug-likeness (QED) is 0.259. The molecule has 0 fully saturated rings. The molecule has 2 heterocycles. The number of pyridine rings is 2. The average Bonchev–Trinajstić information content (AvgIpc) is 2.77. The Morgan fingerprint density at radius 1 is 1.03 bits per heavy atom. The van der Waals surface area contributed by atoms with Crippen molar-refractivity contribution in [3.05, 3.63) is 86.8 Å². The first-order valence-corrected chi connectivity index (χ1v) is 11.1. The lowest BCUT2D eigenvalue weighted by atomic mass is 10.2. The van der Waals surface area contributed by atoms with Crippen LogP contribution in [0.3, 0.4) is 0 Å². The highest BCUT2D eigenvalue weighted by atomic mass is 35.5. The van der Waals surface area contributed by atoms with Crippen LogP contribution >= 0.6 is 11.6 Å². The summed E-state index contributed by atoms with van der Waals surface area (Å²) in [4.78, 5) is 20.2. The first kappa shape index (κ1) is 26.0. The Morgan fingerprint density at radius 3 is 2.36 bits per heavy atom. The minimum absolute atomic E-state index is 0.00519. The Kier molecular flexibility index (Phi) is 10.5. The van der Waals surface area contributed by atoms with Gasteiger partial charge >= 0.3 is 0 Å². The van der Waals surface area contributed by atoms with E-state index in [1.54, 1.807) is 6.92 Å². The molecule has 3 aromatic rings. The molecule has 33 heavy (non-hydrogen) atoms. The third-order valence-corrected chi connectivity index (χ3v) is 4.98. The highest BCUT2D eigenvalue weighted by Gasteiger charge is 2.10. The molecule has 3 rings (SSSR count). The fraction of sp³-hybridized carbons (Fsp3) is 0.333. The molecule has 0 aliphatic heterocycles. The van der Waals surface area contributed by atoms with Crippen LogP contribution in [0.2, 0.25) is 5.15 Å². The molecule has 0 amide bonds. The van der Waals surface area contributed by atoms with E-state index in [4.69, 9.17) is 22.1 Å². The van der Waals surface area contributed by atoms with Gasteiger partial charge < -0.3 is 10.5 Å².